The van der Waals surface area contributed by atoms with Gasteiger partial charge in [0.1, 0.15) is 24.4 Å². The van der Waals surface area contributed by atoms with E-state index in [0.29, 0.717) is 0 Å². The fourth-order valence-corrected chi connectivity index (χ4v) is 2.48. The van der Waals surface area contributed by atoms with Gasteiger partial charge in [0, 0.05) is 0 Å². The highest BCUT2D eigenvalue weighted by Gasteiger charge is 2.45. The molecule has 0 unspecified atom stereocenters. The Hall–Kier alpha value is -0.500. The van der Waals surface area contributed by atoms with E-state index in [2.05, 4.69) is 13.0 Å². The maximum Gasteiger partial charge on any atom is 0.187 e. The van der Waals surface area contributed by atoms with Crippen LogP contribution in [-0.2, 0) is 9.47 Å². The van der Waals surface area contributed by atoms with Crippen molar-refractivity contribution in [1.29, 1.82) is 0 Å². The lowest BCUT2D eigenvalue weighted by Gasteiger charge is -2.42. The molecule has 0 amide bonds. The van der Waals surface area contributed by atoms with Crippen molar-refractivity contribution >= 4 is 0 Å². The van der Waals surface area contributed by atoms with E-state index in [1.165, 1.54) is 5.57 Å². The molecule has 0 aromatic heterocycles. The summed E-state index contributed by atoms with van der Waals surface area (Å²) in [6.45, 7) is 7.40. The quantitative estimate of drug-likeness (QED) is 0.516. The minimum Gasteiger partial charge on any atom is -0.394 e. The summed E-state index contributed by atoms with van der Waals surface area (Å²) in [6, 6.07) is 0. The maximum atomic E-state index is 9.99. The van der Waals surface area contributed by atoms with Gasteiger partial charge >= 0.3 is 0 Å². The van der Waals surface area contributed by atoms with Gasteiger partial charge in [-0.1, -0.05) is 11.6 Å². The summed E-state index contributed by atoms with van der Waals surface area (Å²) in [5.74, 6) is 0. The van der Waals surface area contributed by atoms with Crippen LogP contribution in [0.4, 0.5) is 0 Å². The van der Waals surface area contributed by atoms with Crippen molar-refractivity contribution in [2.75, 3.05) is 6.61 Å². The van der Waals surface area contributed by atoms with Gasteiger partial charge in [0.05, 0.1) is 12.2 Å². The Kier molecular flexibility index (Phi) is 7.45. The highest BCUT2D eigenvalue weighted by Crippen LogP contribution is 2.28. The van der Waals surface area contributed by atoms with Gasteiger partial charge in [-0.2, -0.15) is 0 Å². The molecule has 1 aliphatic heterocycles. The summed E-state index contributed by atoms with van der Waals surface area (Å²) >= 11 is 0. The van der Waals surface area contributed by atoms with E-state index in [0.717, 1.165) is 19.3 Å². The van der Waals surface area contributed by atoms with Crippen LogP contribution < -0.4 is 0 Å². The SMILES string of the molecule is C/C=C(/C)CCCC(C)(C)O[C@H]1O[C@H](CO)[C@@H](O)[C@H](O)[C@H]1O. The molecular formula is C16H30O6. The highest BCUT2D eigenvalue weighted by molar-refractivity contribution is 4.95. The molecule has 22 heavy (non-hydrogen) atoms. The molecule has 130 valence electrons. The number of hydrogen-bond acceptors (Lipinski definition) is 6. The zero-order chi connectivity index (χ0) is 16.9. The smallest absolute Gasteiger partial charge is 0.187 e. The molecule has 6 heteroatoms. The Morgan fingerprint density at radius 1 is 1.18 bits per heavy atom. The molecule has 0 aliphatic carbocycles. The highest BCUT2D eigenvalue weighted by atomic mass is 16.7. The summed E-state index contributed by atoms with van der Waals surface area (Å²) in [4.78, 5) is 0. The Morgan fingerprint density at radius 2 is 1.82 bits per heavy atom. The van der Waals surface area contributed by atoms with Gasteiger partial charge in [0.15, 0.2) is 6.29 Å². The number of hydrogen-bond donors (Lipinski definition) is 4. The molecule has 1 aliphatic rings. The Morgan fingerprint density at radius 3 is 2.36 bits per heavy atom. The van der Waals surface area contributed by atoms with Crippen molar-refractivity contribution in [1.82, 2.24) is 0 Å². The van der Waals surface area contributed by atoms with Gasteiger partial charge in [0.25, 0.3) is 0 Å². The average Bonchev–Trinajstić information content (AvgIpc) is 2.47. The number of allylic oxidation sites excluding steroid dienone is 2. The molecule has 4 N–H and O–H groups in total. The van der Waals surface area contributed by atoms with Crippen molar-refractivity contribution < 1.29 is 29.9 Å². The predicted octanol–water partition coefficient (Wildman–Crippen LogP) is 0.718. The molecule has 1 rings (SSSR count). The maximum absolute atomic E-state index is 9.99. The fourth-order valence-electron chi connectivity index (χ4n) is 2.48. The lowest BCUT2D eigenvalue weighted by atomic mass is 9.97. The van der Waals surface area contributed by atoms with Crippen LogP contribution in [0.2, 0.25) is 0 Å². The first-order valence-electron chi connectivity index (χ1n) is 7.82. The van der Waals surface area contributed by atoms with E-state index in [4.69, 9.17) is 9.47 Å². The molecule has 5 atom stereocenters. The fraction of sp³-hybridized carbons (Fsp3) is 0.875. The van der Waals surface area contributed by atoms with Crippen LogP contribution >= 0.6 is 0 Å². The van der Waals surface area contributed by atoms with Crippen LogP contribution in [0.3, 0.4) is 0 Å². The first kappa shape index (κ1) is 19.5. The zero-order valence-electron chi connectivity index (χ0n) is 13.9. The normalized spacial score (nSPS) is 34.0. The topological polar surface area (TPSA) is 99.4 Å². The Labute approximate surface area is 132 Å². The summed E-state index contributed by atoms with van der Waals surface area (Å²) in [7, 11) is 0. The number of aliphatic hydroxyl groups is 4. The summed E-state index contributed by atoms with van der Waals surface area (Å²) in [5, 5.41) is 38.7. The molecule has 0 radical (unpaired) electrons. The molecule has 6 nitrogen and oxygen atoms in total. The van der Waals surface area contributed by atoms with Crippen molar-refractivity contribution in [3.05, 3.63) is 11.6 Å². The van der Waals surface area contributed by atoms with Crippen LogP contribution in [0.1, 0.15) is 47.0 Å². The van der Waals surface area contributed by atoms with Crippen LogP contribution in [-0.4, -0.2) is 63.3 Å². The second kappa shape index (κ2) is 8.38. The second-order valence-corrected chi connectivity index (χ2v) is 6.56. The molecule has 1 saturated heterocycles. The van der Waals surface area contributed by atoms with E-state index in [9.17, 15) is 20.4 Å². The number of ether oxygens (including phenoxy) is 2. The van der Waals surface area contributed by atoms with E-state index in [1.54, 1.807) is 0 Å². The minimum absolute atomic E-state index is 0.453. The van der Waals surface area contributed by atoms with E-state index >= 15 is 0 Å². The van der Waals surface area contributed by atoms with Gasteiger partial charge < -0.3 is 29.9 Å². The minimum atomic E-state index is -1.41. The average molecular weight is 318 g/mol. The third kappa shape index (κ3) is 5.30. The molecule has 0 saturated carbocycles. The molecule has 0 spiro atoms. The predicted molar refractivity (Wildman–Crippen MR) is 82.2 cm³/mol. The molecule has 1 fully saturated rings. The second-order valence-electron chi connectivity index (χ2n) is 6.56. The zero-order valence-corrected chi connectivity index (χ0v) is 13.9. The van der Waals surface area contributed by atoms with Crippen LogP contribution in [0.15, 0.2) is 11.6 Å². The van der Waals surface area contributed by atoms with Crippen molar-refractivity contribution in [2.24, 2.45) is 0 Å². The molecule has 0 bridgehead atoms. The van der Waals surface area contributed by atoms with Gasteiger partial charge in [-0.3, -0.25) is 0 Å². The van der Waals surface area contributed by atoms with Gasteiger partial charge in [-0.05, 0) is 47.0 Å². The van der Waals surface area contributed by atoms with E-state index in [1.807, 2.05) is 20.8 Å². The van der Waals surface area contributed by atoms with Gasteiger partial charge in [0.2, 0.25) is 0 Å². The molecule has 0 aromatic carbocycles. The first-order chi connectivity index (χ1) is 10.2. The summed E-state index contributed by atoms with van der Waals surface area (Å²) < 4.78 is 11.2. The third-order valence-corrected chi connectivity index (χ3v) is 4.13. The number of aliphatic hydroxyl groups excluding tert-OH is 4. The van der Waals surface area contributed by atoms with Crippen molar-refractivity contribution in [3.63, 3.8) is 0 Å². The lowest BCUT2D eigenvalue weighted by Crippen LogP contribution is -2.60. The van der Waals surface area contributed by atoms with Crippen LogP contribution in [0, 0.1) is 0 Å². The molecule has 1 heterocycles. The molecular weight excluding hydrogens is 288 g/mol. The summed E-state index contributed by atoms with van der Waals surface area (Å²) in [5.41, 5.74) is 0.755. The van der Waals surface area contributed by atoms with Crippen LogP contribution in [0.5, 0.6) is 0 Å². The van der Waals surface area contributed by atoms with Crippen molar-refractivity contribution in [2.45, 2.75) is 83.3 Å². The Balaban J connectivity index is 2.59. The van der Waals surface area contributed by atoms with E-state index < -0.39 is 42.9 Å². The summed E-state index contributed by atoms with van der Waals surface area (Å²) in [6.07, 6.45) is -1.40. The first-order valence-corrected chi connectivity index (χ1v) is 7.82. The standard InChI is InChI=1S/C16H30O6/c1-5-10(2)7-6-8-16(3,4)22-15-14(20)13(19)12(18)11(9-17)21-15/h5,11-15,17-20H,6-9H2,1-4H3/b10-5-/t11-,12-,13+,14-,15-/m1/s1. The van der Waals surface area contributed by atoms with Gasteiger partial charge in [-0.25, -0.2) is 0 Å². The lowest BCUT2D eigenvalue weighted by molar-refractivity contribution is -0.323. The van der Waals surface area contributed by atoms with Crippen LogP contribution in [0.25, 0.3) is 0 Å². The van der Waals surface area contributed by atoms with Gasteiger partial charge in [-0.15, -0.1) is 0 Å². The van der Waals surface area contributed by atoms with E-state index in [-0.39, 0.29) is 0 Å². The third-order valence-electron chi connectivity index (χ3n) is 4.13. The largest absolute Gasteiger partial charge is 0.394 e. The Bertz CT molecular complexity index is 366. The van der Waals surface area contributed by atoms with Crippen molar-refractivity contribution in [3.8, 4) is 0 Å². The molecule has 0 aromatic rings. The number of rotatable bonds is 7. The monoisotopic (exact) mass is 318 g/mol.